The fraction of sp³-hybridized carbons (Fsp3) is 0.250. The molecule has 0 radical (unpaired) electrons. The van der Waals surface area contributed by atoms with Gasteiger partial charge < -0.3 is 10.6 Å². The summed E-state index contributed by atoms with van der Waals surface area (Å²) in [4.78, 5) is 36.1. The standard InChI is InChI=1S/C24H25N5O2/c1-5-20-19-13-29(24(31)18(19)11-15(3)26-20)22-8-6-7-21(28-22)27-16-10-9-14(2)17(12-16)23(30)25-4/h6-12H,5,13H2,1-4H3,(H,25,30)(H,27,28). The molecule has 0 saturated carbocycles. The number of carbonyl (C=O) groups is 2. The Bertz CT molecular complexity index is 1190. The molecule has 0 atom stereocenters. The lowest BCUT2D eigenvalue weighted by Gasteiger charge is -2.16. The molecule has 1 aliphatic rings. The first-order valence-electron chi connectivity index (χ1n) is 10.3. The molecule has 0 aliphatic carbocycles. The molecule has 7 nitrogen and oxygen atoms in total. The third-order valence-electron chi connectivity index (χ3n) is 5.46. The van der Waals surface area contributed by atoms with Crippen molar-refractivity contribution < 1.29 is 9.59 Å². The number of hydrogen-bond donors (Lipinski definition) is 2. The summed E-state index contributed by atoms with van der Waals surface area (Å²) >= 11 is 0. The first kappa shape index (κ1) is 20.5. The summed E-state index contributed by atoms with van der Waals surface area (Å²) in [5.74, 6) is 0.971. The maximum Gasteiger partial charge on any atom is 0.260 e. The van der Waals surface area contributed by atoms with Crippen LogP contribution < -0.4 is 15.5 Å². The number of rotatable bonds is 5. The van der Waals surface area contributed by atoms with Crippen LogP contribution in [0.25, 0.3) is 0 Å². The lowest BCUT2D eigenvalue weighted by atomic mass is 10.1. The van der Waals surface area contributed by atoms with E-state index >= 15 is 0 Å². The summed E-state index contributed by atoms with van der Waals surface area (Å²) < 4.78 is 0. The van der Waals surface area contributed by atoms with Crippen molar-refractivity contribution in [1.82, 2.24) is 15.3 Å². The van der Waals surface area contributed by atoms with Crippen LogP contribution in [0, 0.1) is 13.8 Å². The quantitative estimate of drug-likeness (QED) is 0.660. The highest BCUT2D eigenvalue weighted by atomic mass is 16.2. The number of aromatic nitrogens is 2. The van der Waals surface area contributed by atoms with Crippen molar-refractivity contribution in [2.75, 3.05) is 17.3 Å². The number of anilines is 3. The molecular weight excluding hydrogens is 390 g/mol. The molecule has 0 spiro atoms. The average molecular weight is 415 g/mol. The van der Waals surface area contributed by atoms with Crippen LogP contribution in [0.1, 0.15) is 50.2 Å². The number of hydrogen-bond acceptors (Lipinski definition) is 5. The van der Waals surface area contributed by atoms with Crippen molar-refractivity contribution >= 4 is 29.1 Å². The predicted molar refractivity (Wildman–Crippen MR) is 121 cm³/mol. The Hall–Kier alpha value is -3.74. The van der Waals surface area contributed by atoms with Crippen LogP contribution in [0.15, 0.2) is 42.5 Å². The Morgan fingerprint density at radius 1 is 1.13 bits per heavy atom. The highest BCUT2D eigenvalue weighted by Crippen LogP contribution is 2.30. The van der Waals surface area contributed by atoms with Crippen LogP contribution in [0.3, 0.4) is 0 Å². The molecule has 2 amide bonds. The average Bonchev–Trinajstić information content (AvgIpc) is 3.10. The first-order chi connectivity index (χ1) is 14.9. The largest absolute Gasteiger partial charge is 0.355 e. The van der Waals surface area contributed by atoms with Crippen LogP contribution in [-0.2, 0) is 13.0 Å². The van der Waals surface area contributed by atoms with E-state index in [4.69, 9.17) is 0 Å². The molecule has 0 unspecified atom stereocenters. The number of pyridine rings is 2. The van der Waals surface area contributed by atoms with Crippen LogP contribution in [-0.4, -0.2) is 28.8 Å². The Morgan fingerprint density at radius 3 is 2.68 bits per heavy atom. The molecule has 0 bridgehead atoms. The first-order valence-corrected chi connectivity index (χ1v) is 10.3. The fourth-order valence-corrected chi connectivity index (χ4v) is 3.85. The minimum absolute atomic E-state index is 0.0583. The SMILES string of the molecule is CCc1nc(C)cc2c1CN(c1cccc(Nc3ccc(C)c(C(=O)NC)c3)n1)C2=O. The summed E-state index contributed by atoms with van der Waals surface area (Å²) in [7, 11) is 1.61. The smallest absolute Gasteiger partial charge is 0.260 e. The van der Waals surface area contributed by atoms with Gasteiger partial charge in [0.25, 0.3) is 11.8 Å². The van der Waals surface area contributed by atoms with E-state index < -0.39 is 0 Å². The molecule has 3 heterocycles. The fourth-order valence-electron chi connectivity index (χ4n) is 3.85. The topological polar surface area (TPSA) is 87.2 Å². The number of nitrogens with one attached hydrogen (secondary N) is 2. The van der Waals surface area contributed by atoms with E-state index in [9.17, 15) is 9.59 Å². The van der Waals surface area contributed by atoms with Crippen molar-refractivity contribution in [3.05, 3.63) is 76.1 Å². The molecule has 158 valence electrons. The van der Waals surface area contributed by atoms with Crippen molar-refractivity contribution in [3.63, 3.8) is 0 Å². The minimum atomic E-state index is -0.140. The monoisotopic (exact) mass is 415 g/mol. The molecule has 31 heavy (non-hydrogen) atoms. The highest BCUT2D eigenvalue weighted by molar-refractivity contribution is 6.09. The Labute approximate surface area is 181 Å². The van der Waals surface area contributed by atoms with Gasteiger partial charge in [0.2, 0.25) is 0 Å². The third kappa shape index (κ3) is 3.86. The molecule has 0 fully saturated rings. The number of carbonyl (C=O) groups excluding carboxylic acids is 2. The maximum atomic E-state index is 13.1. The number of amides is 2. The molecule has 2 N–H and O–H groups in total. The van der Waals surface area contributed by atoms with Crippen LogP contribution in [0.4, 0.5) is 17.3 Å². The zero-order valence-electron chi connectivity index (χ0n) is 18.1. The van der Waals surface area contributed by atoms with E-state index in [1.165, 1.54) is 0 Å². The van der Waals surface area contributed by atoms with Gasteiger partial charge in [-0.2, -0.15) is 0 Å². The lowest BCUT2D eigenvalue weighted by molar-refractivity contribution is 0.0960. The summed E-state index contributed by atoms with van der Waals surface area (Å²) in [6.45, 7) is 6.32. The number of benzene rings is 1. The summed E-state index contributed by atoms with van der Waals surface area (Å²) in [5.41, 5.74) is 5.73. The van der Waals surface area contributed by atoms with Crippen molar-refractivity contribution in [3.8, 4) is 0 Å². The van der Waals surface area contributed by atoms with Crippen LogP contribution in [0.2, 0.25) is 0 Å². The van der Waals surface area contributed by atoms with E-state index in [2.05, 4.69) is 20.6 Å². The van der Waals surface area contributed by atoms with Gasteiger partial charge in [-0.25, -0.2) is 4.98 Å². The van der Waals surface area contributed by atoms with Gasteiger partial charge >= 0.3 is 0 Å². The van der Waals surface area contributed by atoms with Gasteiger partial charge in [0, 0.05) is 40.8 Å². The van der Waals surface area contributed by atoms with Crippen molar-refractivity contribution in [1.29, 1.82) is 0 Å². The molecule has 4 rings (SSSR count). The van der Waals surface area contributed by atoms with Crippen molar-refractivity contribution in [2.45, 2.75) is 33.7 Å². The maximum absolute atomic E-state index is 13.1. The van der Waals surface area contributed by atoms with E-state index in [0.29, 0.717) is 29.3 Å². The van der Waals surface area contributed by atoms with E-state index in [1.54, 1.807) is 18.0 Å². The summed E-state index contributed by atoms with van der Waals surface area (Å²) in [6.07, 6.45) is 0.779. The Morgan fingerprint density at radius 2 is 1.94 bits per heavy atom. The number of fused-ring (bicyclic) bond motifs is 1. The third-order valence-corrected chi connectivity index (χ3v) is 5.46. The van der Waals surface area contributed by atoms with Crippen molar-refractivity contribution in [2.24, 2.45) is 0 Å². The minimum Gasteiger partial charge on any atom is -0.355 e. The predicted octanol–water partition coefficient (Wildman–Crippen LogP) is 3.92. The van der Waals surface area contributed by atoms with Gasteiger partial charge in [0.15, 0.2) is 0 Å². The van der Waals surface area contributed by atoms with Gasteiger partial charge in [0.1, 0.15) is 11.6 Å². The van der Waals surface area contributed by atoms with Gasteiger partial charge in [-0.1, -0.05) is 19.1 Å². The van der Waals surface area contributed by atoms with Crippen LogP contribution >= 0.6 is 0 Å². The van der Waals surface area contributed by atoms with E-state index in [0.717, 1.165) is 34.6 Å². The van der Waals surface area contributed by atoms with Gasteiger partial charge in [0.05, 0.1) is 6.54 Å². The molecular formula is C24H25N5O2. The number of aryl methyl sites for hydroxylation is 3. The lowest BCUT2D eigenvalue weighted by Crippen LogP contribution is -2.24. The molecule has 7 heteroatoms. The molecule has 3 aromatic rings. The summed E-state index contributed by atoms with van der Waals surface area (Å²) in [5, 5.41) is 5.90. The molecule has 1 aliphatic heterocycles. The number of nitrogens with zero attached hydrogens (tertiary/aromatic N) is 3. The second-order valence-corrected chi connectivity index (χ2v) is 7.60. The molecule has 2 aromatic heterocycles. The van der Waals surface area contributed by atoms with E-state index in [-0.39, 0.29) is 11.8 Å². The van der Waals surface area contributed by atoms with Gasteiger partial charge in [-0.15, -0.1) is 0 Å². The Balaban J connectivity index is 1.61. The van der Waals surface area contributed by atoms with E-state index in [1.807, 2.05) is 57.2 Å². The zero-order chi connectivity index (χ0) is 22.1. The zero-order valence-corrected chi connectivity index (χ0v) is 18.1. The molecule has 1 aromatic carbocycles. The summed E-state index contributed by atoms with van der Waals surface area (Å²) in [6, 6.07) is 13.0. The Kier molecular flexibility index (Phi) is 5.42. The normalized spacial score (nSPS) is 12.6. The van der Waals surface area contributed by atoms with Crippen LogP contribution in [0.5, 0.6) is 0 Å². The van der Waals surface area contributed by atoms with Gasteiger partial charge in [-0.05, 0) is 56.2 Å². The highest BCUT2D eigenvalue weighted by Gasteiger charge is 2.32. The molecule has 0 saturated heterocycles. The van der Waals surface area contributed by atoms with Gasteiger partial charge in [-0.3, -0.25) is 19.5 Å². The second kappa shape index (κ2) is 8.18. The second-order valence-electron chi connectivity index (χ2n) is 7.60.